The molecule has 0 saturated heterocycles. The summed E-state index contributed by atoms with van der Waals surface area (Å²) < 4.78 is 304. The van der Waals surface area contributed by atoms with Crippen molar-refractivity contribution in [2.24, 2.45) is 0 Å². The summed E-state index contributed by atoms with van der Waals surface area (Å²) in [4.78, 5) is 0. The highest BCUT2D eigenvalue weighted by Gasteiger charge is 2.44. The summed E-state index contributed by atoms with van der Waals surface area (Å²) in [6, 6.07) is 25.6. The van der Waals surface area contributed by atoms with Crippen molar-refractivity contribution in [3.05, 3.63) is 266 Å². The fraction of sp³-hybridized carbons (Fsp3) is 0.217. The zero-order valence-electron chi connectivity index (χ0n) is 48.9. The van der Waals surface area contributed by atoms with Gasteiger partial charge in [0.2, 0.25) is 0 Å². The first-order chi connectivity index (χ1) is 43.9. The molecule has 9 aromatic carbocycles. The van der Waals surface area contributed by atoms with Crippen LogP contribution in [0.3, 0.4) is 0 Å². The second kappa shape index (κ2) is 30.6. The fourth-order valence-electron chi connectivity index (χ4n) is 9.26. The molecule has 0 aliphatic carbocycles. The van der Waals surface area contributed by atoms with Gasteiger partial charge in [0.05, 0.1) is 0 Å². The van der Waals surface area contributed by atoms with E-state index in [4.69, 9.17) is 0 Å². The number of unbranched alkanes of at least 4 members (excludes halogenated alkanes) is 3. The van der Waals surface area contributed by atoms with Crippen LogP contribution in [0.25, 0.3) is 33.4 Å². The van der Waals surface area contributed by atoms with Crippen LogP contribution in [0.5, 0.6) is 17.2 Å². The summed E-state index contributed by atoms with van der Waals surface area (Å²) in [5.41, 5.74) is -0.816. The summed E-state index contributed by atoms with van der Waals surface area (Å²) in [5, 5.41) is 0. The van der Waals surface area contributed by atoms with Crippen LogP contribution < -0.4 is 14.2 Å². The highest BCUT2D eigenvalue weighted by Crippen LogP contribution is 2.42. The molecule has 9 rings (SSSR count). The van der Waals surface area contributed by atoms with Crippen LogP contribution in [-0.2, 0) is 37.6 Å². The summed E-state index contributed by atoms with van der Waals surface area (Å²) in [5.74, 6) is -29.5. The zero-order valence-corrected chi connectivity index (χ0v) is 48.9. The lowest BCUT2D eigenvalue weighted by Crippen LogP contribution is -2.25. The van der Waals surface area contributed by atoms with E-state index in [1.807, 2.05) is 13.8 Å². The van der Waals surface area contributed by atoms with Crippen molar-refractivity contribution in [2.75, 3.05) is 0 Å². The molecule has 9 aromatic rings. The van der Waals surface area contributed by atoms with Crippen LogP contribution >= 0.6 is 0 Å². The molecule has 0 aliphatic rings. The standard InChI is InChI=1S/C24H19F7O.C23H17F7O.C22H15F7O/c1-2-3-4-5-14-6-8-15(9-7-14)16-10-18(25)22(19(26)11-16)24(30,31)32-17-12-20(27)23(29)21(28)13-17;1-2-3-4-13-5-7-14(8-6-13)15-9-17(24)21(18(25)10-15)23(29,30)31-16-11-19(26)22(28)20(27)12-16;1-2-3-12-4-6-13(7-5-12)14-8-16(23)20(17(24)9-14)22(28,29)30-15-10-18(25)21(27)19(26)11-15/h6-13H,2-5H2,1H3;5-12H,2-4H2,1H3;4-11H,2-3H2,1H3. The largest absolute Gasteiger partial charge is 0.432 e. The molecule has 0 amide bonds. The predicted molar refractivity (Wildman–Crippen MR) is 304 cm³/mol. The van der Waals surface area contributed by atoms with Crippen molar-refractivity contribution in [1.82, 2.24) is 0 Å². The van der Waals surface area contributed by atoms with Gasteiger partial charge < -0.3 is 14.2 Å². The maximum atomic E-state index is 14.5. The minimum atomic E-state index is -4.62. The molecular weight excluding hydrogens is 1280 g/mol. The molecule has 24 heteroatoms. The van der Waals surface area contributed by atoms with Gasteiger partial charge >= 0.3 is 18.3 Å². The van der Waals surface area contributed by atoms with E-state index >= 15 is 0 Å². The Morgan fingerprint density at radius 2 is 0.473 bits per heavy atom. The Morgan fingerprint density at radius 1 is 0.247 bits per heavy atom. The van der Waals surface area contributed by atoms with E-state index in [0.717, 1.165) is 74.5 Å². The molecule has 3 nitrogen and oxygen atoms in total. The molecule has 492 valence electrons. The molecule has 0 bridgehead atoms. The van der Waals surface area contributed by atoms with Gasteiger partial charge in [0.15, 0.2) is 52.4 Å². The molecule has 0 N–H and O–H groups in total. The van der Waals surface area contributed by atoms with Crippen LogP contribution in [0.15, 0.2) is 146 Å². The van der Waals surface area contributed by atoms with E-state index in [1.54, 1.807) is 72.8 Å². The molecule has 0 saturated carbocycles. The van der Waals surface area contributed by atoms with Gasteiger partial charge in [-0.15, -0.1) is 0 Å². The van der Waals surface area contributed by atoms with Crippen molar-refractivity contribution in [1.29, 1.82) is 0 Å². The van der Waals surface area contributed by atoms with Crippen molar-refractivity contribution >= 4 is 0 Å². The number of hydrogen-bond donors (Lipinski definition) is 0. The lowest BCUT2D eigenvalue weighted by atomic mass is 9.99. The Hall–Kier alpha value is -9.09. The van der Waals surface area contributed by atoms with Gasteiger partial charge in [-0.2, -0.15) is 26.3 Å². The van der Waals surface area contributed by atoms with Crippen LogP contribution in [0.2, 0.25) is 0 Å². The lowest BCUT2D eigenvalue weighted by molar-refractivity contribution is -0.190. The monoisotopic (exact) mass is 1330 g/mol. The van der Waals surface area contributed by atoms with Crippen LogP contribution in [0, 0.1) is 87.3 Å². The Labute approximate surface area is 518 Å². The SMILES string of the molecule is CCCCCc1ccc(-c2cc(F)c(C(F)(F)Oc3cc(F)c(F)c(F)c3)c(F)c2)cc1.CCCCc1ccc(-c2cc(F)c(C(F)(F)Oc3cc(F)c(F)c(F)c3)c(F)c2)cc1.CCCc1ccc(-c2cc(F)c(C(F)(F)Oc3cc(F)c(F)c(F)c3)c(F)c2)cc1. The maximum Gasteiger partial charge on any atom is 0.432 e. The minimum Gasteiger partial charge on any atom is -0.429 e. The van der Waals surface area contributed by atoms with E-state index in [1.165, 1.54) is 0 Å². The number of aryl methyl sites for hydroxylation is 3. The van der Waals surface area contributed by atoms with Gasteiger partial charge in [-0.1, -0.05) is 119 Å². The van der Waals surface area contributed by atoms with Gasteiger partial charge in [-0.05, 0) is 119 Å². The number of alkyl halides is 6. The Morgan fingerprint density at radius 3 is 0.699 bits per heavy atom. The number of rotatable bonds is 21. The van der Waals surface area contributed by atoms with E-state index in [9.17, 15) is 92.2 Å². The number of halogens is 21. The molecule has 0 unspecified atom stereocenters. The molecule has 0 atom stereocenters. The Balaban J connectivity index is 0.000000198. The topological polar surface area (TPSA) is 27.7 Å². The maximum absolute atomic E-state index is 14.5. The third-order valence-electron chi connectivity index (χ3n) is 13.9. The highest BCUT2D eigenvalue weighted by molar-refractivity contribution is 5.67. The van der Waals surface area contributed by atoms with Crippen LogP contribution in [-0.4, -0.2) is 0 Å². The second-order valence-electron chi connectivity index (χ2n) is 20.8. The quantitative estimate of drug-likeness (QED) is 0.0408. The van der Waals surface area contributed by atoms with Crippen LogP contribution in [0.4, 0.5) is 92.2 Å². The van der Waals surface area contributed by atoms with E-state index in [-0.39, 0.29) is 53.1 Å². The first-order valence-corrected chi connectivity index (χ1v) is 28.3. The Kier molecular flexibility index (Phi) is 23.4. The summed E-state index contributed by atoms with van der Waals surface area (Å²) in [6.07, 6.45) is -5.29. The Bertz CT molecular complexity index is 3930. The summed E-state index contributed by atoms with van der Waals surface area (Å²) in [7, 11) is 0. The average Bonchev–Trinajstić information content (AvgIpc) is 0.796. The van der Waals surface area contributed by atoms with E-state index in [0.29, 0.717) is 53.1 Å². The molecule has 0 heterocycles. The van der Waals surface area contributed by atoms with Gasteiger partial charge in [-0.3, -0.25) is 0 Å². The van der Waals surface area contributed by atoms with Crippen molar-refractivity contribution in [3.8, 4) is 50.6 Å². The number of hydrogen-bond acceptors (Lipinski definition) is 3. The molecule has 93 heavy (non-hydrogen) atoms. The van der Waals surface area contributed by atoms with Crippen molar-refractivity contribution < 1.29 is 106 Å². The first-order valence-electron chi connectivity index (χ1n) is 28.3. The third kappa shape index (κ3) is 17.9. The molecule has 0 radical (unpaired) electrons. The van der Waals surface area contributed by atoms with Crippen LogP contribution in [0.1, 0.15) is 92.7 Å². The fourth-order valence-corrected chi connectivity index (χ4v) is 9.26. The molecule has 0 spiro atoms. The average molecular weight is 1330 g/mol. The van der Waals surface area contributed by atoms with Crippen molar-refractivity contribution in [2.45, 2.75) is 96.9 Å². The third-order valence-corrected chi connectivity index (χ3v) is 13.9. The molecule has 0 aliphatic heterocycles. The molecular formula is C69H51F21O3. The van der Waals surface area contributed by atoms with E-state index in [2.05, 4.69) is 21.1 Å². The second-order valence-corrected chi connectivity index (χ2v) is 20.8. The minimum absolute atomic E-state index is 0.0199. The first kappa shape index (κ1) is 71.4. The highest BCUT2D eigenvalue weighted by atomic mass is 19.3. The number of benzene rings is 9. The molecule has 0 aromatic heterocycles. The van der Waals surface area contributed by atoms with Gasteiger partial charge in [0, 0.05) is 36.4 Å². The van der Waals surface area contributed by atoms with Gasteiger partial charge in [0.25, 0.3) is 0 Å². The van der Waals surface area contributed by atoms with E-state index < -0.39 is 140 Å². The molecule has 0 fully saturated rings. The predicted octanol–water partition coefficient (Wildman–Crippen LogP) is 22.6. The van der Waals surface area contributed by atoms with Gasteiger partial charge in [-0.25, -0.2) is 65.9 Å². The summed E-state index contributed by atoms with van der Waals surface area (Å²) >= 11 is 0. The smallest absolute Gasteiger partial charge is 0.429 e. The summed E-state index contributed by atoms with van der Waals surface area (Å²) in [6.45, 7) is 6.12. The number of ether oxygens (including phenoxy) is 3. The van der Waals surface area contributed by atoms with Gasteiger partial charge in [0.1, 0.15) is 68.8 Å². The zero-order chi connectivity index (χ0) is 68.3. The van der Waals surface area contributed by atoms with Crippen molar-refractivity contribution in [3.63, 3.8) is 0 Å². The normalized spacial score (nSPS) is 11.6. The lowest BCUT2D eigenvalue weighted by Gasteiger charge is -2.20.